The largest absolute Gasteiger partial charge is 0.494 e. The van der Waals surface area contributed by atoms with Crippen molar-refractivity contribution in [1.82, 2.24) is 0 Å². The van der Waals surface area contributed by atoms with E-state index in [1.54, 1.807) is 6.07 Å². The summed E-state index contributed by atoms with van der Waals surface area (Å²) in [6.07, 6.45) is -0.0275. The van der Waals surface area contributed by atoms with E-state index in [0.717, 1.165) is 6.07 Å². The summed E-state index contributed by atoms with van der Waals surface area (Å²) in [6.45, 7) is 1.52. The van der Waals surface area contributed by atoms with Crippen molar-refractivity contribution in [3.8, 4) is 5.75 Å². The van der Waals surface area contributed by atoms with E-state index in [9.17, 15) is 13.2 Å². The Labute approximate surface area is 121 Å². The summed E-state index contributed by atoms with van der Waals surface area (Å²) in [5.74, 6) is -1.91. The Morgan fingerprint density at radius 3 is 2.48 bits per heavy atom. The molecule has 0 aliphatic heterocycles. The molecule has 1 atom stereocenters. The molecule has 2 aromatic rings. The highest BCUT2D eigenvalue weighted by Gasteiger charge is 2.20. The van der Waals surface area contributed by atoms with Gasteiger partial charge in [-0.1, -0.05) is 18.2 Å². The molecular formula is C16H16F3NO. The maximum atomic E-state index is 14.1. The molecule has 0 heterocycles. The smallest absolute Gasteiger partial charge is 0.168 e. The van der Waals surface area contributed by atoms with Crippen LogP contribution in [0.15, 0.2) is 30.3 Å². The van der Waals surface area contributed by atoms with E-state index in [4.69, 9.17) is 10.5 Å². The van der Waals surface area contributed by atoms with Gasteiger partial charge in [0.25, 0.3) is 0 Å². The number of aryl methyl sites for hydroxylation is 1. The van der Waals surface area contributed by atoms with Gasteiger partial charge in [0.1, 0.15) is 11.6 Å². The van der Waals surface area contributed by atoms with Crippen LogP contribution in [0.4, 0.5) is 13.2 Å². The van der Waals surface area contributed by atoms with Crippen LogP contribution in [-0.2, 0) is 6.42 Å². The van der Waals surface area contributed by atoms with Crippen molar-refractivity contribution in [3.63, 3.8) is 0 Å². The molecule has 0 aromatic heterocycles. The van der Waals surface area contributed by atoms with E-state index in [-0.39, 0.29) is 23.3 Å². The maximum absolute atomic E-state index is 14.1. The summed E-state index contributed by atoms with van der Waals surface area (Å²) in [7, 11) is 1.35. The van der Waals surface area contributed by atoms with Crippen LogP contribution in [0.25, 0.3) is 0 Å². The molecule has 2 N–H and O–H groups in total. The zero-order chi connectivity index (χ0) is 15.6. The van der Waals surface area contributed by atoms with Crippen LogP contribution in [0.2, 0.25) is 0 Å². The van der Waals surface area contributed by atoms with Crippen molar-refractivity contribution in [2.24, 2.45) is 5.73 Å². The summed E-state index contributed by atoms with van der Waals surface area (Å²) < 4.78 is 46.8. The normalized spacial score (nSPS) is 12.3. The zero-order valence-electron chi connectivity index (χ0n) is 11.8. The van der Waals surface area contributed by atoms with Crippen molar-refractivity contribution >= 4 is 0 Å². The first-order valence-electron chi connectivity index (χ1n) is 6.47. The lowest BCUT2D eigenvalue weighted by Gasteiger charge is -2.16. The Bertz CT molecular complexity index is 658. The average molecular weight is 295 g/mol. The third kappa shape index (κ3) is 3.03. The van der Waals surface area contributed by atoms with Gasteiger partial charge in [-0.2, -0.15) is 0 Å². The van der Waals surface area contributed by atoms with E-state index in [2.05, 4.69) is 0 Å². The first kappa shape index (κ1) is 15.4. The molecule has 0 spiro atoms. The summed E-state index contributed by atoms with van der Waals surface area (Å²) in [5.41, 5.74) is 6.20. The van der Waals surface area contributed by atoms with Crippen LogP contribution >= 0.6 is 0 Å². The number of rotatable bonds is 4. The van der Waals surface area contributed by atoms with Gasteiger partial charge in [0, 0.05) is 11.6 Å². The molecule has 0 radical (unpaired) electrons. The van der Waals surface area contributed by atoms with Crippen molar-refractivity contribution < 1.29 is 17.9 Å². The van der Waals surface area contributed by atoms with Gasteiger partial charge in [-0.15, -0.1) is 0 Å². The van der Waals surface area contributed by atoms with Crippen molar-refractivity contribution in [2.75, 3.05) is 7.11 Å². The van der Waals surface area contributed by atoms with E-state index in [0.29, 0.717) is 5.56 Å². The van der Waals surface area contributed by atoms with Crippen molar-refractivity contribution in [2.45, 2.75) is 19.4 Å². The minimum atomic E-state index is -0.980. The fourth-order valence-electron chi connectivity index (χ4n) is 2.23. The summed E-state index contributed by atoms with van der Waals surface area (Å²) >= 11 is 0. The highest BCUT2D eigenvalue weighted by Crippen LogP contribution is 2.27. The third-order valence-corrected chi connectivity index (χ3v) is 3.39. The predicted molar refractivity (Wildman–Crippen MR) is 74.7 cm³/mol. The minimum Gasteiger partial charge on any atom is -0.494 e. The van der Waals surface area contributed by atoms with E-state index < -0.39 is 23.5 Å². The molecule has 2 rings (SSSR count). The van der Waals surface area contributed by atoms with Gasteiger partial charge in [0.05, 0.1) is 7.11 Å². The zero-order valence-corrected chi connectivity index (χ0v) is 11.8. The molecule has 0 aliphatic rings. The molecule has 2 nitrogen and oxygen atoms in total. The molecule has 0 saturated heterocycles. The molecule has 0 saturated carbocycles. The number of methoxy groups -OCH3 is 1. The standard InChI is InChI=1S/C16H16F3NO/c1-9-6-7-11(17)14(15(9)18)12(20)8-10-4-3-5-13(21-2)16(10)19/h3-7,12H,8,20H2,1-2H3. The second-order valence-electron chi connectivity index (χ2n) is 4.84. The second-order valence-corrected chi connectivity index (χ2v) is 4.84. The Kier molecular flexibility index (Phi) is 4.53. The Morgan fingerprint density at radius 2 is 1.81 bits per heavy atom. The van der Waals surface area contributed by atoms with E-state index in [1.165, 1.54) is 32.2 Å². The van der Waals surface area contributed by atoms with Crippen LogP contribution in [0, 0.1) is 24.4 Å². The fourth-order valence-corrected chi connectivity index (χ4v) is 2.23. The molecule has 112 valence electrons. The Morgan fingerprint density at radius 1 is 1.10 bits per heavy atom. The summed E-state index contributed by atoms with van der Waals surface area (Å²) in [5, 5.41) is 0. The van der Waals surface area contributed by atoms with Gasteiger partial charge >= 0.3 is 0 Å². The molecule has 1 unspecified atom stereocenters. The molecule has 5 heteroatoms. The molecule has 0 amide bonds. The Hall–Kier alpha value is -2.01. The lowest BCUT2D eigenvalue weighted by atomic mass is 9.96. The molecule has 21 heavy (non-hydrogen) atoms. The lowest BCUT2D eigenvalue weighted by Crippen LogP contribution is -2.18. The minimum absolute atomic E-state index is 0.0275. The first-order valence-corrected chi connectivity index (χ1v) is 6.47. The molecule has 0 aliphatic carbocycles. The summed E-state index contributed by atoms with van der Waals surface area (Å²) in [6, 6.07) is 6.11. The Balaban J connectivity index is 2.35. The highest BCUT2D eigenvalue weighted by atomic mass is 19.1. The van der Waals surface area contributed by atoms with E-state index >= 15 is 0 Å². The maximum Gasteiger partial charge on any atom is 0.168 e. The number of hydrogen-bond acceptors (Lipinski definition) is 2. The van der Waals surface area contributed by atoms with E-state index in [1.807, 2.05) is 0 Å². The number of ether oxygens (including phenoxy) is 1. The molecule has 0 bridgehead atoms. The monoisotopic (exact) mass is 295 g/mol. The van der Waals surface area contributed by atoms with Crippen LogP contribution in [-0.4, -0.2) is 7.11 Å². The number of hydrogen-bond donors (Lipinski definition) is 1. The van der Waals surface area contributed by atoms with Crippen molar-refractivity contribution in [1.29, 1.82) is 0 Å². The van der Waals surface area contributed by atoms with Gasteiger partial charge in [-0.05, 0) is 36.6 Å². The predicted octanol–water partition coefficient (Wildman–Crippen LogP) is 3.66. The topological polar surface area (TPSA) is 35.2 Å². The summed E-state index contributed by atoms with van der Waals surface area (Å²) in [4.78, 5) is 0. The van der Waals surface area contributed by atoms with Crippen LogP contribution in [0.3, 0.4) is 0 Å². The SMILES string of the molecule is COc1cccc(CC(N)c2c(F)ccc(C)c2F)c1F. The average Bonchev–Trinajstić information content (AvgIpc) is 2.45. The fraction of sp³-hybridized carbons (Fsp3) is 0.250. The molecular weight excluding hydrogens is 279 g/mol. The molecule has 0 fully saturated rings. The van der Waals surface area contributed by atoms with Crippen LogP contribution in [0.1, 0.15) is 22.7 Å². The van der Waals surface area contributed by atoms with Gasteiger partial charge in [0.15, 0.2) is 11.6 Å². The van der Waals surface area contributed by atoms with Crippen molar-refractivity contribution in [3.05, 3.63) is 64.5 Å². The quantitative estimate of drug-likeness (QED) is 0.934. The van der Waals surface area contributed by atoms with Gasteiger partial charge < -0.3 is 10.5 Å². The number of benzene rings is 2. The van der Waals surface area contributed by atoms with Gasteiger partial charge in [0.2, 0.25) is 0 Å². The van der Waals surface area contributed by atoms with Gasteiger partial charge in [-0.3, -0.25) is 0 Å². The van der Waals surface area contributed by atoms with Crippen LogP contribution in [0.5, 0.6) is 5.75 Å². The first-order chi connectivity index (χ1) is 9.95. The van der Waals surface area contributed by atoms with Crippen LogP contribution < -0.4 is 10.5 Å². The van der Waals surface area contributed by atoms with Gasteiger partial charge in [-0.25, -0.2) is 13.2 Å². The third-order valence-electron chi connectivity index (χ3n) is 3.39. The number of nitrogens with two attached hydrogens (primary N) is 1. The molecule has 2 aromatic carbocycles. The lowest BCUT2D eigenvalue weighted by molar-refractivity contribution is 0.383. The second kappa shape index (κ2) is 6.18. The highest BCUT2D eigenvalue weighted by molar-refractivity contribution is 5.34. The number of halogens is 3.